The molecule has 2 rings (SSSR count). The number of sulfonamides is 1. The molecule has 1 aromatic carbocycles. The van der Waals surface area contributed by atoms with Gasteiger partial charge in [0.1, 0.15) is 5.75 Å². The largest absolute Gasteiger partial charge is 0.497 e. The average molecular weight is 285 g/mol. The summed E-state index contributed by atoms with van der Waals surface area (Å²) in [5.41, 5.74) is 0. The van der Waals surface area contributed by atoms with Gasteiger partial charge < -0.3 is 9.84 Å². The van der Waals surface area contributed by atoms with Gasteiger partial charge in [-0.3, -0.25) is 0 Å². The molecule has 106 valence electrons. The third kappa shape index (κ3) is 2.91. The number of rotatable bonds is 6. The predicted octanol–water partition coefficient (Wildman–Crippen LogP) is 1.23. The first kappa shape index (κ1) is 14.3. The Bertz CT molecular complexity index is 525. The Balaban J connectivity index is 2.32. The van der Waals surface area contributed by atoms with Gasteiger partial charge >= 0.3 is 0 Å². The summed E-state index contributed by atoms with van der Waals surface area (Å²) in [4.78, 5) is 0.215. The van der Waals surface area contributed by atoms with Crippen LogP contribution in [0.1, 0.15) is 19.3 Å². The monoisotopic (exact) mass is 285 g/mol. The van der Waals surface area contributed by atoms with Crippen LogP contribution in [0.4, 0.5) is 0 Å². The summed E-state index contributed by atoms with van der Waals surface area (Å²) in [6.07, 6.45) is 2.77. The molecule has 1 N–H and O–H groups in total. The summed E-state index contributed by atoms with van der Waals surface area (Å²) in [7, 11) is -2.06. The summed E-state index contributed by atoms with van der Waals surface area (Å²) >= 11 is 0. The predicted molar refractivity (Wildman–Crippen MR) is 71.6 cm³/mol. The Kier molecular flexibility index (Phi) is 4.44. The number of hydrogen-bond acceptors (Lipinski definition) is 4. The normalized spacial score (nSPS) is 16.4. The Morgan fingerprint density at radius 3 is 2.68 bits per heavy atom. The molecular weight excluding hydrogens is 266 g/mol. The van der Waals surface area contributed by atoms with E-state index >= 15 is 0 Å². The van der Waals surface area contributed by atoms with E-state index in [1.165, 1.54) is 17.5 Å². The highest BCUT2D eigenvalue weighted by molar-refractivity contribution is 7.89. The van der Waals surface area contributed by atoms with Gasteiger partial charge in [0.2, 0.25) is 10.0 Å². The van der Waals surface area contributed by atoms with Gasteiger partial charge in [-0.2, -0.15) is 4.31 Å². The van der Waals surface area contributed by atoms with Crippen LogP contribution in [-0.2, 0) is 10.0 Å². The molecule has 1 aromatic rings. The molecular formula is C13H19NO4S. The van der Waals surface area contributed by atoms with Crippen LogP contribution in [0.15, 0.2) is 29.2 Å². The minimum Gasteiger partial charge on any atom is -0.497 e. The highest BCUT2D eigenvalue weighted by Gasteiger charge is 2.34. The van der Waals surface area contributed by atoms with Crippen molar-refractivity contribution in [1.29, 1.82) is 0 Å². The van der Waals surface area contributed by atoms with Gasteiger partial charge in [0, 0.05) is 18.7 Å². The van der Waals surface area contributed by atoms with Crippen molar-refractivity contribution in [3.63, 3.8) is 0 Å². The van der Waals surface area contributed by atoms with Crippen LogP contribution in [-0.4, -0.2) is 44.1 Å². The van der Waals surface area contributed by atoms with Gasteiger partial charge in [-0.1, -0.05) is 12.5 Å². The lowest BCUT2D eigenvalue weighted by Gasteiger charge is -2.36. The number of methoxy groups -OCH3 is 1. The molecule has 19 heavy (non-hydrogen) atoms. The van der Waals surface area contributed by atoms with Gasteiger partial charge in [-0.25, -0.2) is 8.42 Å². The van der Waals surface area contributed by atoms with Crippen LogP contribution in [0.3, 0.4) is 0 Å². The fourth-order valence-electron chi connectivity index (χ4n) is 2.17. The lowest BCUT2D eigenvalue weighted by atomic mass is 9.93. The molecule has 0 atom stereocenters. The van der Waals surface area contributed by atoms with Crippen molar-refractivity contribution < 1.29 is 18.3 Å². The van der Waals surface area contributed by atoms with Crippen LogP contribution in [0, 0.1) is 0 Å². The Morgan fingerprint density at radius 1 is 1.42 bits per heavy atom. The summed E-state index contributed by atoms with van der Waals surface area (Å²) in [5, 5.41) is 9.09. The van der Waals surface area contributed by atoms with Crippen molar-refractivity contribution in [1.82, 2.24) is 4.31 Å². The minimum absolute atomic E-state index is 0.0170. The van der Waals surface area contributed by atoms with E-state index in [-0.39, 0.29) is 24.1 Å². The number of aliphatic hydroxyl groups is 1. The molecule has 1 fully saturated rings. The van der Waals surface area contributed by atoms with Crippen molar-refractivity contribution in [2.24, 2.45) is 0 Å². The Labute approximate surface area is 113 Å². The Morgan fingerprint density at radius 2 is 2.16 bits per heavy atom. The molecule has 6 heteroatoms. The Hall–Kier alpha value is -1.11. The summed E-state index contributed by atoms with van der Waals surface area (Å²) < 4.78 is 31.6. The van der Waals surface area contributed by atoms with E-state index < -0.39 is 10.0 Å². The first-order valence-corrected chi connectivity index (χ1v) is 7.80. The van der Waals surface area contributed by atoms with Gasteiger partial charge in [0.05, 0.1) is 18.6 Å². The van der Waals surface area contributed by atoms with E-state index in [9.17, 15) is 8.42 Å². The van der Waals surface area contributed by atoms with Crippen molar-refractivity contribution in [2.45, 2.75) is 30.2 Å². The zero-order valence-corrected chi connectivity index (χ0v) is 11.8. The van der Waals surface area contributed by atoms with Gasteiger partial charge in [0.15, 0.2) is 0 Å². The number of hydrogen-bond donors (Lipinski definition) is 1. The zero-order chi connectivity index (χ0) is 13.9. The van der Waals surface area contributed by atoms with Crippen LogP contribution >= 0.6 is 0 Å². The number of aliphatic hydroxyl groups excluding tert-OH is 1. The fourth-order valence-corrected chi connectivity index (χ4v) is 3.88. The summed E-state index contributed by atoms with van der Waals surface area (Å²) in [6.45, 7) is -0.0239. The maximum absolute atomic E-state index is 12.6. The molecule has 5 nitrogen and oxygen atoms in total. The van der Waals surface area contributed by atoms with Crippen LogP contribution in [0.2, 0.25) is 0 Å². The topological polar surface area (TPSA) is 66.8 Å². The van der Waals surface area contributed by atoms with Crippen LogP contribution in [0.25, 0.3) is 0 Å². The number of ether oxygens (including phenoxy) is 1. The molecule has 0 spiro atoms. The molecule has 0 aliphatic heterocycles. The SMILES string of the molecule is COc1cccc(S(=O)(=O)N(CCO)C2CCC2)c1. The zero-order valence-electron chi connectivity index (χ0n) is 10.9. The third-order valence-electron chi connectivity index (χ3n) is 3.45. The van der Waals surface area contributed by atoms with E-state index in [1.54, 1.807) is 18.2 Å². The third-order valence-corrected chi connectivity index (χ3v) is 5.40. The molecule has 1 aliphatic rings. The molecule has 0 aromatic heterocycles. The van der Waals surface area contributed by atoms with Crippen molar-refractivity contribution in [2.75, 3.05) is 20.3 Å². The summed E-state index contributed by atoms with van der Waals surface area (Å²) in [5.74, 6) is 0.513. The lowest BCUT2D eigenvalue weighted by molar-refractivity contribution is 0.178. The van der Waals surface area contributed by atoms with Gasteiger partial charge in [-0.15, -0.1) is 0 Å². The van der Waals surface area contributed by atoms with Crippen molar-refractivity contribution >= 4 is 10.0 Å². The molecule has 0 bridgehead atoms. The first-order chi connectivity index (χ1) is 9.09. The molecule has 0 radical (unpaired) electrons. The maximum atomic E-state index is 12.6. The molecule has 0 unspecified atom stereocenters. The summed E-state index contributed by atoms with van der Waals surface area (Å²) in [6, 6.07) is 6.45. The molecule has 0 amide bonds. The van der Waals surface area contributed by atoms with E-state index in [0.717, 1.165) is 19.3 Å². The highest BCUT2D eigenvalue weighted by atomic mass is 32.2. The minimum atomic E-state index is -3.56. The van der Waals surface area contributed by atoms with E-state index in [4.69, 9.17) is 9.84 Å². The standard InChI is InChI=1S/C13H19NO4S/c1-18-12-6-3-7-13(10-12)19(16,17)14(8-9-15)11-4-2-5-11/h3,6-7,10-11,15H,2,4-5,8-9H2,1H3. The maximum Gasteiger partial charge on any atom is 0.243 e. The van der Waals surface area contributed by atoms with E-state index in [0.29, 0.717) is 5.75 Å². The molecule has 1 aliphatic carbocycles. The van der Waals surface area contributed by atoms with E-state index in [2.05, 4.69) is 0 Å². The van der Waals surface area contributed by atoms with Crippen molar-refractivity contribution in [3.8, 4) is 5.75 Å². The van der Waals surface area contributed by atoms with Gasteiger partial charge in [-0.05, 0) is 25.0 Å². The second-order valence-corrected chi connectivity index (χ2v) is 6.49. The molecule has 1 saturated carbocycles. The number of nitrogens with zero attached hydrogens (tertiary/aromatic N) is 1. The first-order valence-electron chi connectivity index (χ1n) is 6.36. The lowest BCUT2D eigenvalue weighted by Crippen LogP contribution is -2.45. The molecule has 0 heterocycles. The highest BCUT2D eigenvalue weighted by Crippen LogP contribution is 2.30. The van der Waals surface area contributed by atoms with Gasteiger partial charge in [0.25, 0.3) is 0 Å². The van der Waals surface area contributed by atoms with Crippen molar-refractivity contribution in [3.05, 3.63) is 24.3 Å². The van der Waals surface area contributed by atoms with E-state index in [1.807, 2.05) is 0 Å². The quantitative estimate of drug-likeness (QED) is 0.853. The molecule has 0 saturated heterocycles. The van der Waals surface area contributed by atoms with Crippen LogP contribution in [0.5, 0.6) is 5.75 Å². The average Bonchev–Trinajstić information content (AvgIpc) is 2.36. The van der Waals surface area contributed by atoms with Crippen LogP contribution < -0.4 is 4.74 Å². The second kappa shape index (κ2) is 5.90. The fraction of sp³-hybridized carbons (Fsp3) is 0.538. The second-order valence-electron chi connectivity index (χ2n) is 4.60. The smallest absolute Gasteiger partial charge is 0.243 e. The number of benzene rings is 1.